The maximum Gasteiger partial charge on any atom is 0.256 e. The molecule has 1 fully saturated rings. The van der Waals surface area contributed by atoms with Crippen molar-refractivity contribution < 1.29 is 28.2 Å². The van der Waals surface area contributed by atoms with Gasteiger partial charge in [-0.2, -0.15) is 0 Å². The zero-order valence-corrected chi connectivity index (χ0v) is 18.3. The van der Waals surface area contributed by atoms with E-state index in [1.807, 2.05) is 12.1 Å². The second-order valence-corrected chi connectivity index (χ2v) is 7.37. The highest BCUT2D eigenvalue weighted by atomic mass is 16.5. The van der Waals surface area contributed by atoms with Crippen LogP contribution in [0.15, 0.2) is 51.9 Å². The lowest BCUT2D eigenvalue weighted by molar-refractivity contribution is 0.0854. The number of rotatable bonds is 7. The fraction of sp³-hybridized carbons (Fsp3) is 0.333. The number of carbonyl (C=O) groups is 1. The smallest absolute Gasteiger partial charge is 0.256 e. The summed E-state index contributed by atoms with van der Waals surface area (Å²) in [5.41, 5.74) is 1.49. The number of nitrogens with zero attached hydrogens (tertiary/aromatic N) is 1. The van der Waals surface area contributed by atoms with Crippen molar-refractivity contribution in [3.8, 4) is 17.2 Å². The van der Waals surface area contributed by atoms with Gasteiger partial charge in [0, 0.05) is 36.7 Å². The first-order valence-corrected chi connectivity index (χ1v) is 10.4. The first-order chi connectivity index (χ1) is 15.6. The molecule has 0 aliphatic carbocycles. The predicted molar refractivity (Wildman–Crippen MR) is 119 cm³/mol. The van der Waals surface area contributed by atoms with Crippen LogP contribution in [-0.2, 0) is 4.74 Å². The molecule has 8 heteroatoms. The van der Waals surface area contributed by atoms with E-state index in [-0.39, 0.29) is 17.6 Å². The molecule has 1 aliphatic rings. The minimum Gasteiger partial charge on any atom is -0.497 e. The van der Waals surface area contributed by atoms with Crippen LogP contribution in [0.4, 0.5) is 5.69 Å². The van der Waals surface area contributed by atoms with E-state index < -0.39 is 0 Å². The van der Waals surface area contributed by atoms with E-state index in [0.717, 1.165) is 24.8 Å². The third-order valence-electron chi connectivity index (χ3n) is 5.28. The predicted octanol–water partition coefficient (Wildman–Crippen LogP) is 3.60. The van der Waals surface area contributed by atoms with Crippen molar-refractivity contribution in [2.24, 2.45) is 4.99 Å². The summed E-state index contributed by atoms with van der Waals surface area (Å²) < 4.78 is 27.8. The molecule has 1 N–H and O–H groups in total. The van der Waals surface area contributed by atoms with Gasteiger partial charge in [-0.15, -0.1) is 0 Å². The van der Waals surface area contributed by atoms with E-state index in [0.29, 0.717) is 40.6 Å². The third kappa shape index (κ3) is 4.70. The molecular formula is C24H26N2O6. The molecular weight excluding hydrogens is 412 g/mol. The maximum absolute atomic E-state index is 13.1. The molecule has 168 valence electrons. The van der Waals surface area contributed by atoms with Crippen LogP contribution in [0.3, 0.4) is 0 Å². The summed E-state index contributed by atoms with van der Waals surface area (Å²) >= 11 is 0. The first kappa shape index (κ1) is 21.7. The van der Waals surface area contributed by atoms with E-state index in [1.54, 1.807) is 51.7 Å². The van der Waals surface area contributed by atoms with Crippen LogP contribution in [0.1, 0.15) is 23.2 Å². The highest BCUT2D eigenvalue weighted by molar-refractivity contribution is 5.97. The highest BCUT2D eigenvalue weighted by Crippen LogP contribution is 2.28. The normalized spacial score (nSPS) is 16.2. The third-order valence-corrected chi connectivity index (χ3v) is 5.28. The quantitative estimate of drug-likeness (QED) is 0.606. The van der Waals surface area contributed by atoms with Gasteiger partial charge < -0.3 is 28.7 Å². The van der Waals surface area contributed by atoms with Gasteiger partial charge in [0.1, 0.15) is 17.1 Å². The number of hydrogen-bond donors (Lipinski definition) is 1. The van der Waals surface area contributed by atoms with Gasteiger partial charge in [-0.05, 0) is 25.0 Å². The molecule has 1 aliphatic heterocycles. The van der Waals surface area contributed by atoms with Crippen LogP contribution in [0.2, 0.25) is 0 Å². The van der Waals surface area contributed by atoms with Crippen LogP contribution < -0.4 is 25.1 Å². The van der Waals surface area contributed by atoms with Gasteiger partial charge in [0.25, 0.3) is 5.91 Å². The Bertz CT molecular complexity index is 1160. The Morgan fingerprint density at radius 3 is 2.53 bits per heavy atom. The van der Waals surface area contributed by atoms with Gasteiger partial charge >= 0.3 is 0 Å². The monoisotopic (exact) mass is 438 g/mol. The summed E-state index contributed by atoms with van der Waals surface area (Å²) in [6, 6.07) is 12.5. The Hall–Kier alpha value is -3.52. The second kappa shape index (κ2) is 9.74. The number of methoxy groups -OCH3 is 3. The van der Waals surface area contributed by atoms with Crippen molar-refractivity contribution >= 4 is 22.6 Å². The Morgan fingerprint density at radius 2 is 1.88 bits per heavy atom. The molecule has 32 heavy (non-hydrogen) atoms. The lowest BCUT2D eigenvalue weighted by atomic mass is 10.1. The highest BCUT2D eigenvalue weighted by Gasteiger charge is 2.19. The number of fused-ring (bicyclic) bond motifs is 1. The fourth-order valence-electron chi connectivity index (χ4n) is 3.61. The molecule has 8 nitrogen and oxygen atoms in total. The molecule has 1 atom stereocenters. The molecule has 4 rings (SSSR count). The van der Waals surface area contributed by atoms with Gasteiger partial charge in [-0.3, -0.25) is 4.79 Å². The molecule has 1 aromatic heterocycles. The molecule has 2 heterocycles. The first-order valence-electron chi connectivity index (χ1n) is 10.4. The summed E-state index contributed by atoms with van der Waals surface area (Å²) in [5, 5.41) is 3.67. The van der Waals surface area contributed by atoms with E-state index in [1.165, 1.54) is 0 Å². The minimum absolute atomic E-state index is 0.0273. The van der Waals surface area contributed by atoms with Crippen molar-refractivity contribution in [3.63, 3.8) is 0 Å². The average Bonchev–Trinajstić information content (AvgIpc) is 3.35. The summed E-state index contributed by atoms with van der Waals surface area (Å²) in [7, 11) is 4.69. The number of amides is 1. The zero-order chi connectivity index (χ0) is 22.5. The summed E-state index contributed by atoms with van der Waals surface area (Å²) in [4.78, 5) is 17.7. The molecule has 0 bridgehead atoms. The van der Waals surface area contributed by atoms with Crippen LogP contribution in [-0.4, -0.2) is 46.5 Å². The molecule has 3 aromatic rings. The zero-order valence-electron chi connectivity index (χ0n) is 18.3. The largest absolute Gasteiger partial charge is 0.497 e. The van der Waals surface area contributed by atoms with Crippen molar-refractivity contribution in [1.29, 1.82) is 0 Å². The van der Waals surface area contributed by atoms with E-state index >= 15 is 0 Å². The summed E-state index contributed by atoms with van der Waals surface area (Å²) in [6.45, 7) is 1.16. The van der Waals surface area contributed by atoms with Gasteiger partial charge in [-0.25, -0.2) is 4.99 Å². The van der Waals surface area contributed by atoms with Gasteiger partial charge in [0.2, 0.25) is 5.55 Å². The second-order valence-electron chi connectivity index (χ2n) is 7.37. The summed E-state index contributed by atoms with van der Waals surface area (Å²) in [6.07, 6.45) is 1.96. The molecule has 0 unspecified atom stereocenters. The van der Waals surface area contributed by atoms with Crippen molar-refractivity contribution in [2.75, 3.05) is 34.5 Å². The lowest BCUT2D eigenvalue weighted by Gasteiger charge is -2.12. The van der Waals surface area contributed by atoms with Gasteiger partial charge in [-0.1, -0.05) is 12.1 Å². The van der Waals surface area contributed by atoms with E-state index in [9.17, 15) is 4.79 Å². The Kier molecular flexibility index (Phi) is 6.61. The minimum atomic E-state index is -0.289. The number of nitrogens with one attached hydrogen (secondary N) is 1. The van der Waals surface area contributed by atoms with Crippen LogP contribution in [0.25, 0.3) is 11.0 Å². The topological polar surface area (TPSA) is 91.5 Å². The number of carbonyl (C=O) groups excluding carboxylic acids is 1. The molecule has 0 radical (unpaired) electrons. The lowest BCUT2D eigenvalue weighted by Crippen LogP contribution is -2.34. The van der Waals surface area contributed by atoms with Gasteiger partial charge in [0.15, 0.2) is 11.3 Å². The Balaban J connectivity index is 1.82. The number of para-hydroxylation sites is 1. The SMILES string of the molecule is COc1cc(N=c2oc3c(OC)cccc3cc2C(=O)NC[C@H]2CCCO2)cc(OC)c1. The van der Waals surface area contributed by atoms with E-state index in [4.69, 9.17) is 23.4 Å². The van der Waals surface area contributed by atoms with Crippen molar-refractivity contribution in [3.05, 3.63) is 53.6 Å². The number of benzene rings is 2. The molecule has 0 saturated carbocycles. The number of ether oxygens (including phenoxy) is 4. The average molecular weight is 438 g/mol. The molecule has 2 aromatic carbocycles. The van der Waals surface area contributed by atoms with E-state index in [2.05, 4.69) is 10.3 Å². The van der Waals surface area contributed by atoms with Crippen LogP contribution in [0, 0.1) is 0 Å². The molecule has 1 saturated heterocycles. The fourth-order valence-corrected chi connectivity index (χ4v) is 3.61. The van der Waals surface area contributed by atoms with Gasteiger partial charge in [0.05, 0.1) is 33.1 Å². The standard InChI is InChI=1S/C24H26N2O6/c1-28-18-11-16(12-19(13-18)29-2)26-24-20(23(27)25-14-17-7-5-9-31-17)10-15-6-4-8-21(30-3)22(15)32-24/h4,6,8,10-13,17H,5,7,9,14H2,1-3H3,(H,25,27)/t17-/m1/s1. The molecule has 1 amide bonds. The summed E-state index contributed by atoms with van der Waals surface area (Å²) in [5.74, 6) is 1.41. The maximum atomic E-state index is 13.1. The Morgan fingerprint density at radius 1 is 1.09 bits per heavy atom. The van der Waals surface area contributed by atoms with Crippen LogP contribution in [0.5, 0.6) is 17.2 Å². The Labute approximate surface area is 185 Å². The number of hydrogen-bond acceptors (Lipinski definition) is 7. The van der Waals surface area contributed by atoms with Crippen molar-refractivity contribution in [2.45, 2.75) is 18.9 Å². The van der Waals surface area contributed by atoms with Crippen LogP contribution >= 0.6 is 0 Å². The molecule has 0 spiro atoms. The van der Waals surface area contributed by atoms with Crippen molar-refractivity contribution in [1.82, 2.24) is 5.32 Å².